The summed E-state index contributed by atoms with van der Waals surface area (Å²) in [5, 5.41) is 8.07. The highest BCUT2D eigenvalue weighted by Gasteiger charge is 2.24. The van der Waals surface area contributed by atoms with Crippen molar-refractivity contribution in [2.45, 2.75) is 19.5 Å². The molecule has 5 aromatic rings. The molecule has 0 saturated carbocycles. The fraction of sp³-hybridized carbons (Fsp3) is 0.125. The topological polar surface area (TPSA) is 75.6 Å². The average molecular weight is 518 g/mol. The lowest BCUT2D eigenvalue weighted by Gasteiger charge is -2.07. The summed E-state index contributed by atoms with van der Waals surface area (Å²) in [6.07, 6.45) is 1.28. The van der Waals surface area contributed by atoms with Gasteiger partial charge in [-0.1, -0.05) is 35.3 Å². The molecule has 3 heterocycles. The lowest BCUT2D eigenvalue weighted by molar-refractivity contribution is 0.0936. The first kappa shape index (κ1) is 23.2. The van der Waals surface area contributed by atoms with Crippen LogP contribution in [-0.2, 0) is 13.1 Å². The first-order valence-corrected chi connectivity index (χ1v) is 11.2. The minimum atomic E-state index is -2.97. The van der Waals surface area contributed by atoms with Gasteiger partial charge in [0.2, 0.25) is 0 Å². The number of alkyl halides is 2. The maximum atomic E-state index is 14.8. The van der Waals surface area contributed by atoms with E-state index in [1.165, 1.54) is 29.3 Å². The number of aromatic nitrogens is 4. The minimum Gasteiger partial charge on any atom is -0.360 e. The number of benzene rings is 2. The van der Waals surface area contributed by atoms with Gasteiger partial charge in [0.05, 0.1) is 33.1 Å². The van der Waals surface area contributed by atoms with E-state index in [4.69, 9.17) is 23.2 Å². The Kier molecular flexibility index (Phi) is 6.12. The van der Waals surface area contributed by atoms with Crippen LogP contribution in [0.25, 0.3) is 21.8 Å². The van der Waals surface area contributed by atoms with E-state index >= 15 is 0 Å². The molecule has 0 spiro atoms. The molecule has 0 aliphatic rings. The van der Waals surface area contributed by atoms with Crippen molar-refractivity contribution in [2.24, 2.45) is 0 Å². The van der Waals surface area contributed by atoms with Gasteiger partial charge < -0.3 is 10.3 Å². The maximum absolute atomic E-state index is 14.8. The van der Waals surface area contributed by atoms with E-state index in [9.17, 15) is 18.0 Å². The lowest BCUT2D eigenvalue weighted by Crippen LogP contribution is -2.24. The van der Waals surface area contributed by atoms with E-state index in [0.717, 1.165) is 16.5 Å². The molecule has 0 bridgehead atoms. The zero-order valence-corrected chi connectivity index (χ0v) is 19.3. The Morgan fingerprint density at radius 3 is 2.80 bits per heavy atom. The number of fused-ring (bicyclic) bond motifs is 2. The molecule has 5 rings (SSSR count). The van der Waals surface area contributed by atoms with Gasteiger partial charge in [-0.15, -0.1) is 0 Å². The predicted octanol–water partition coefficient (Wildman–Crippen LogP) is 6.27. The SMILES string of the molecule is O=C(NCc1ccc2[nH]cc(Cl)c2c1F)c1cn(Cc2ccc3ncc(Cl)cc3c2)nc1C(F)F. The lowest BCUT2D eigenvalue weighted by atomic mass is 10.1. The number of carbonyl (C=O) groups is 1. The van der Waals surface area contributed by atoms with E-state index in [0.29, 0.717) is 10.5 Å². The van der Waals surface area contributed by atoms with Crippen LogP contribution in [0.3, 0.4) is 0 Å². The summed E-state index contributed by atoms with van der Waals surface area (Å²) in [6, 6.07) is 10.3. The molecule has 6 nitrogen and oxygen atoms in total. The molecule has 2 N–H and O–H groups in total. The third kappa shape index (κ3) is 4.56. The van der Waals surface area contributed by atoms with Crippen molar-refractivity contribution in [3.63, 3.8) is 0 Å². The Morgan fingerprint density at radius 1 is 1.17 bits per heavy atom. The smallest absolute Gasteiger partial charge is 0.282 e. The van der Waals surface area contributed by atoms with Crippen molar-refractivity contribution in [1.82, 2.24) is 25.1 Å². The van der Waals surface area contributed by atoms with Crippen LogP contribution in [-0.4, -0.2) is 25.7 Å². The number of nitrogens with one attached hydrogen (secondary N) is 2. The van der Waals surface area contributed by atoms with Crippen molar-refractivity contribution in [3.8, 4) is 0 Å². The number of amides is 1. The third-order valence-corrected chi connectivity index (χ3v) is 6.06. The van der Waals surface area contributed by atoms with Crippen molar-refractivity contribution >= 4 is 50.9 Å². The third-order valence-electron chi connectivity index (χ3n) is 5.55. The summed E-state index contributed by atoms with van der Waals surface area (Å²) in [5.41, 5.74) is 1.23. The molecule has 1 amide bonds. The van der Waals surface area contributed by atoms with Gasteiger partial charge in [-0.05, 0) is 29.8 Å². The number of nitrogens with zero attached hydrogens (tertiary/aromatic N) is 3. The Hall–Kier alpha value is -3.56. The van der Waals surface area contributed by atoms with Crippen LogP contribution in [0.5, 0.6) is 0 Å². The molecule has 2 aromatic carbocycles. The number of pyridine rings is 1. The highest BCUT2D eigenvalue weighted by molar-refractivity contribution is 6.35. The summed E-state index contributed by atoms with van der Waals surface area (Å²) >= 11 is 12.0. The van der Waals surface area contributed by atoms with Gasteiger partial charge in [0.25, 0.3) is 12.3 Å². The van der Waals surface area contributed by atoms with E-state index < -0.39 is 23.8 Å². The van der Waals surface area contributed by atoms with Crippen molar-refractivity contribution in [2.75, 3.05) is 0 Å². The van der Waals surface area contributed by atoms with Gasteiger partial charge in [-0.3, -0.25) is 14.5 Å². The van der Waals surface area contributed by atoms with Gasteiger partial charge in [-0.25, -0.2) is 13.2 Å². The van der Waals surface area contributed by atoms with Crippen molar-refractivity contribution in [1.29, 1.82) is 0 Å². The fourth-order valence-electron chi connectivity index (χ4n) is 3.89. The molecule has 0 saturated heterocycles. The highest BCUT2D eigenvalue weighted by Crippen LogP contribution is 2.28. The summed E-state index contributed by atoms with van der Waals surface area (Å²) < 4.78 is 43.4. The second-order valence-corrected chi connectivity index (χ2v) is 8.73. The molecule has 3 aromatic heterocycles. The zero-order valence-electron chi connectivity index (χ0n) is 17.8. The van der Waals surface area contributed by atoms with Crippen LogP contribution in [0.2, 0.25) is 10.0 Å². The number of rotatable bonds is 6. The predicted molar refractivity (Wildman–Crippen MR) is 127 cm³/mol. The first-order valence-electron chi connectivity index (χ1n) is 10.4. The Bertz CT molecular complexity index is 1580. The maximum Gasteiger partial charge on any atom is 0.282 e. The number of carbonyl (C=O) groups excluding carboxylic acids is 1. The van der Waals surface area contributed by atoms with Crippen LogP contribution in [0.4, 0.5) is 13.2 Å². The van der Waals surface area contributed by atoms with Crippen LogP contribution in [0, 0.1) is 5.82 Å². The van der Waals surface area contributed by atoms with E-state index in [1.807, 2.05) is 6.07 Å². The summed E-state index contributed by atoms with van der Waals surface area (Å²) in [4.78, 5) is 19.8. The molecule has 0 atom stereocenters. The molecule has 0 fully saturated rings. The zero-order chi connectivity index (χ0) is 24.7. The van der Waals surface area contributed by atoms with Crippen LogP contribution in [0.15, 0.2) is 55.0 Å². The Labute approximate surface area is 206 Å². The standard InChI is InChI=1S/C24H16Cl2F3N5O/c25-15-6-14-5-12(1-3-18(14)30-8-15)10-34-11-16(22(33-34)23(28)29)24(35)32-7-13-2-4-19-20(21(13)27)17(26)9-31-19/h1-6,8-9,11,23,31H,7,10H2,(H,32,35). The molecule has 0 aliphatic heterocycles. The van der Waals surface area contributed by atoms with Crippen LogP contribution < -0.4 is 5.32 Å². The summed E-state index contributed by atoms with van der Waals surface area (Å²) in [7, 11) is 0. The van der Waals surface area contributed by atoms with Crippen LogP contribution in [0.1, 0.15) is 33.6 Å². The van der Waals surface area contributed by atoms with E-state index in [1.54, 1.807) is 24.3 Å². The second-order valence-electron chi connectivity index (χ2n) is 7.89. The summed E-state index contributed by atoms with van der Waals surface area (Å²) in [5.74, 6) is -1.38. The van der Waals surface area contributed by atoms with Crippen molar-refractivity contribution in [3.05, 3.63) is 93.2 Å². The van der Waals surface area contributed by atoms with Gasteiger partial charge >= 0.3 is 0 Å². The van der Waals surface area contributed by atoms with E-state index in [2.05, 4.69) is 20.4 Å². The Balaban J connectivity index is 1.37. The quantitative estimate of drug-likeness (QED) is 0.278. The van der Waals surface area contributed by atoms with Crippen molar-refractivity contribution < 1.29 is 18.0 Å². The number of aromatic amines is 1. The molecular weight excluding hydrogens is 502 g/mol. The summed E-state index contributed by atoms with van der Waals surface area (Å²) in [6.45, 7) is -0.0683. The largest absolute Gasteiger partial charge is 0.360 e. The average Bonchev–Trinajstić information content (AvgIpc) is 3.42. The normalized spacial score (nSPS) is 11.6. The molecule has 0 aliphatic carbocycles. The molecule has 0 radical (unpaired) electrons. The fourth-order valence-corrected chi connectivity index (χ4v) is 4.29. The van der Waals surface area contributed by atoms with Gasteiger partial charge in [0.15, 0.2) is 0 Å². The number of H-pyrrole nitrogens is 1. The molecule has 178 valence electrons. The number of hydrogen-bond acceptors (Lipinski definition) is 3. The van der Waals surface area contributed by atoms with E-state index in [-0.39, 0.29) is 34.6 Å². The Morgan fingerprint density at radius 2 is 2.00 bits per heavy atom. The molecule has 0 unspecified atom stereocenters. The number of halogens is 5. The van der Waals surface area contributed by atoms with Gasteiger partial charge in [0.1, 0.15) is 11.5 Å². The molecular formula is C24H16Cl2F3N5O. The number of hydrogen-bond donors (Lipinski definition) is 2. The second kappa shape index (κ2) is 9.24. The van der Waals surface area contributed by atoms with Gasteiger partial charge in [0, 0.05) is 41.6 Å². The molecule has 35 heavy (non-hydrogen) atoms. The van der Waals surface area contributed by atoms with Crippen LogP contribution >= 0.6 is 23.2 Å². The monoisotopic (exact) mass is 517 g/mol. The highest BCUT2D eigenvalue weighted by atomic mass is 35.5. The van der Waals surface area contributed by atoms with Gasteiger partial charge in [-0.2, -0.15) is 5.10 Å². The molecule has 11 heteroatoms. The first-order chi connectivity index (χ1) is 16.8. The minimum absolute atomic E-state index is 0.146.